The van der Waals surface area contributed by atoms with Gasteiger partial charge in [-0.15, -0.1) is 0 Å². The molecule has 1 aromatic carbocycles. The topological polar surface area (TPSA) is 23.5 Å². The predicted octanol–water partition coefficient (Wildman–Crippen LogP) is 3.93. The van der Waals surface area contributed by atoms with Crippen LogP contribution >= 0.6 is 0 Å². The molecule has 0 amide bonds. The number of hydrogen-bond donors (Lipinski definition) is 1. The molecule has 1 fully saturated rings. The lowest BCUT2D eigenvalue weighted by Gasteiger charge is -2.32. The van der Waals surface area contributed by atoms with Gasteiger partial charge in [0.1, 0.15) is 0 Å². The summed E-state index contributed by atoms with van der Waals surface area (Å²) in [6.07, 6.45) is 3.35. The fraction of sp³-hybridized carbons (Fsp3) is 0.667. The third-order valence-corrected chi connectivity index (χ3v) is 4.83. The Kier molecular flexibility index (Phi) is 4.87. The highest BCUT2D eigenvalue weighted by Crippen LogP contribution is 2.32. The van der Waals surface area contributed by atoms with E-state index in [-0.39, 0.29) is 6.04 Å². The number of aliphatic hydroxyl groups excluding tert-OH is 1. The summed E-state index contributed by atoms with van der Waals surface area (Å²) < 4.78 is 0. The maximum absolute atomic E-state index is 10.6. The lowest BCUT2D eigenvalue weighted by molar-refractivity contribution is 0.0581. The second-order valence-electron chi connectivity index (χ2n) is 7.15. The van der Waals surface area contributed by atoms with Gasteiger partial charge in [-0.3, -0.25) is 4.90 Å². The Hall–Kier alpha value is -0.860. The molecule has 0 aromatic heterocycles. The van der Waals surface area contributed by atoms with E-state index in [0.29, 0.717) is 5.41 Å². The summed E-state index contributed by atoms with van der Waals surface area (Å²) >= 11 is 0. The summed E-state index contributed by atoms with van der Waals surface area (Å²) in [4.78, 5) is 2.46. The number of benzene rings is 1. The van der Waals surface area contributed by atoms with Gasteiger partial charge in [-0.25, -0.2) is 0 Å². The molecular formula is C18H29NO. The minimum atomic E-state index is -0.392. The molecule has 1 N–H and O–H groups in total. The Morgan fingerprint density at radius 2 is 1.75 bits per heavy atom. The van der Waals surface area contributed by atoms with Crippen molar-refractivity contribution in [2.24, 2.45) is 5.41 Å². The first-order chi connectivity index (χ1) is 9.39. The average Bonchev–Trinajstić information content (AvgIpc) is 2.59. The second kappa shape index (κ2) is 6.28. The van der Waals surface area contributed by atoms with Gasteiger partial charge in [0.25, 0.3) is 0 Å². The monoisotopic (exact) mass is 275 g/mol. The Labute approximate surface area is 123 Å². The van der Waals surface area contributed by atoms with Gasteiger partial charge in [0.2, 0.25) is 0 Å². The zero-order valence-corrected chi connectivity index (χ0v) is 13.4. The molecule has 0 saturated carbocycles. The van der Waals surface area contributed by atoms with Crippen molar-refractivity contribution in [2.45, 2.75) is 59.1 Å². The molecule has 0 aliphatic carbocycles. The number of nitrogens with zero attached hydrogens (tertiary/aromatic N) is 1. The third kappa shape index (κ3) is 3.83. The Morgan fingerprint density at radius 1 is 1.10 bits per heavy atom. The molecule has 20 heavy (non-hydrogen) atoms. The fourth-order valence-electron chi connectivity index (χ4n) is 3.09. The van der Waals surface area contributed by atoms with E-state index < -0.39 is 6.10 Å². The maximum atomic E-state index is 10.6. The summed E-state index contributed by atoms with van der Waals surface area (Å²) in [6, 6.07) is 8.45. The number of rotatable bonds is 3. The molecular weight excluding hydrogens is 246 g/mol. The lowest BCUT2D eigenvalue weighted by atomic mass is 9.85. The fourth-order valence-corrected chi connectivity index (χ4v) is 3.09. The van der Waals surface area contributed by atoms with Gasteiger partial charge in [0.15, 0.2) is 0 Å². The van der Waals surface area contributed by atoms with Crippen molar-refractivity contribution in [1.29, 1.82) is 0 Å². The predicted molar refractivity (Wildman–Crippen MR) is 84.8 cm³/mol. The number of likely N-dealkylation sites (tertiary alicyclic amines) is 1. The highest BCUT2D eigenvalue weighted by Gasteiger charge is 2.28. The first kappa shape index (κ1) is 15.5. The summed E-state index contributed by atoms with van der Waals surface area (Å²) in [5.74, 6) is 0. The van der Waals surface area contributed by atoms with Crippen LogP contribution in [0.3, 0.4) is 0 Å². The SMILES string of the molecule is Cc1ccc(C(O)C(C)N2CCCC(C)(C)CC2)cc1. The summed E-state index contributed by atoms with van der Waals surface area (Å²) in [5, 5.41) is 10.6. The number of aryl methyl sites for hydroxylation is 1. The van der Waals surface area contributed by atoms with Crippen molar-refractivity contribution >= 4 is 0 Å². The van der Waals surface area contributed by atoms with Crippen molar-refractivity contribution in [3.05, 3.63) is 35.4 Å². The van der Waals surface area contributed by atoms with Crippen LogP contribution in [0.5, 0.6) is 0 Å². The van der Waals surface area contributed by atoms with Gasteiger partial charge >= 0.3 is 0 Å². The molecule has 2 heteroatoms. The summed E-state index contributed by atoms with van der Waals surface area (Å²) in [7, 11) is 0. The molecule has 112 valence electrons. The molecule has 0 radical (unpaired) electrons. The van der Waals surface area contributed by atoms with Gasteiger partial charge < -0.3 is 5.11 Å². The zero-order valence-electron chi connectivity index (χ0n) is 13.4. The maximum Gasteiger partial charge on any atom is 0.0942 e. The lowest BCUT2D eigenvalue weighted by Crippen LogP contribution is -2.38. The van der Waals surface area contributed by atoms with E-state index >= 15 is 0 Å². The highest BCUT2D eigenvalue weighted by atomic mass is 16.3. The molecule has 1 saturated heterocycles. The third-order valence-electron chi connectivity index (χ3n) is 4.83. The molecule has 0 bridgehead atoms. The van der Waals surface area contributed by atoms with E-state index in [2.05, 4.69) is 56.9 Å². The highest BCUT2D eigenvalue weighted by molar-refractivity contribution is 5.24. The minimum absolute atomic E-state index is 0.187. The van der Waals surface area contributed by atoms with Crippen LogP contribution in [0.2, 0.25) is 0 Å². The van der Waals surface area contributed by atoms with Crippen molar-refractivity contribution in [2.75, 3.05) is 13.1 Å². The van der Waals surface area contributed by atoms with Crippen LogP contribution in [0, 0.1) is 12.3 Å². The molecule has 2 unspecified atom stereocenters. The van der Waals surface area contributed by atoms with Gasteiger partial charge in [-0.1, -0.05) is 43.7 Å². The average molecular weight is 275 g/mol. The molecule has 2 atom stereocenters. The first-order valence-electron chi connectivity index (χ1n) is 7.88. The number of hydrogen-bond acceptors (Lipinski definition) is 2. The molecule has 2 nitrogen and oxygen atoms in total. The Bertz CT molecular complexity index is 424. The minimum Gasteiger partial charge on any atom is -0.387 e. The van der Waals surface area contributed by atoms with E-state index in [1.54, 1.807) is 0 Å². The van der Waals surface area contributed by atoms with Crippen LogP contribution in [-0.4, -0.2) is 29.1 Å². The number of aliphatic hydroxyl groups is 1. The quantitative estimate of drug-likeness (QED) is 0.903. The first-order valence-corrected chi connectivity index (χ1v) is 7.88. The summed E-state index contributed by atoms with van der Waals surface area (Å²) in [5.41, 5.74) is 2.72. The van der Waals surface area contributed by atoms with Crippen LogP contribution in [0.15, 0.2) is 24.3 Å². The van der Waals surface area contributed by atoms with Crippen LogP contribution in [0.4, 0.5) is 0 Å². The smallest absolute Gasteiger partial charge is 0.0942 e. The van der Waals surface area contributed by atoms with Gasteiger partial charge in [0, 0.05) is 6.04 Å². The zero-order chi connectivity index (χ0) is 14.8. The Balaban J connectivity index is 2.02. The normalized spacial score (nSPS) is 23.1. The molecule has 2 rings (SSSR count). The van der Waals surface area contributed by atoms with E-state index in [1.165, 1.54) is 24.8 Å². The molecule has 1 aliphatic heterocycles. The van der Waals surface area contributed by atoms with Crippen molar-refractivity contribution in [3.8, 4) is 0 Å². The van der Waals surface area contributed by atoms with Crippen molar-refractivity contribution in [1.82, 2.24) is 4.90 Å². The van der Waals surface area contributed by atoms with E-state index in [4.69, 9.17) is 0 Å². The Morgan fingerprint density at radius 3 is 2.40 bits per heavy atom. The standard InChI is InChI=1S/C18H29NO/c1-14-6-8-16(9-7-14)17(20)15(2)19-12-5-10-18(3,4)11-13-19/h6-9,15,17,20H,5,10-13H2,1-4H3. The largest absolute Gasteiger partial charge is 0.387 e. The van der Waals surface area contributed by atoms with Gasteiger partial charge in [0.05, 0.1) is 6.10 Å². The molecule has 1 heterocycles. The van der Waals surface area contributed by atoms with E-state index in [9.17, 15) is 5.11 Å². The van der Waals surface area contributed by atoms with Crippen LogP contribution in [-0.2, 0) is 0 Å². The van der Waals surface area contributed by atoms with Crippen molar-refractivity contribution < 1.29 is 5.11 Å². The van der Waals surface area contributed by atoms with Gasteiger partial charge in [-0.2, -0.15) is 0 Å². The second-order valence-corrected chi connectivity index (χ2v) is 7.15. The van der Waals surface area contributed by atoms with E-state index in [0.717, 1.165) is 18.7 Å². The van der Waals surface area contributed by atoms with Gasteiger partial charge in [-0.05, 0) is 57.2 Å². The molecule has 1 aliphatic rings. The van der Waals surface area contributed by atoms with E-state index in [1.807, 2.05) is 0 Å². The van der Waals surface area contributed by atoms with Crippen LogP contribution in [0.25, 0.3) is 0 Å². The summed E-state index contributed by atoms with van der Waals surface area (Å²) in [6.45, 7) is 11.2. The van der Waals surface area contributed by atoms with Crippen molar-refractivity contribution in [3.63, 3.8) is 0 Å². The van der Waals surface area contributed by atoms with Crippen LogP contribution in [0.1, 0.15) is 57.3 Å². The molecule has 1 aromatic rings. The molecule has 0 spiro atoms. The van der Waals surface area contributed by atoms with Crippen LogP contribution < -0.4 is 0 Å².